The first-order chi connectivity index (χ1) is 19.6. The molecule has 1 amide bonds. The van der Waals surface area contributed by atoms with Crippen LogP contribution in [-0.4, -0.2) is 30.1 Å². The number of likely N-dealkylation sites (tertiary alicyclic amines) is 1. The molecule has 4 aromatic carbocycles. The number of hydrogen-bond acceptors (Lipinski definition) is 4. The first-order valence-corrected chi connectivity index (χ1v) is 14.1. The zero-order valence-electron chi connectivity index (χ0n) is 23.1. The van der Waals surface area contributed by atoms with Gasteiger partial charge in [-0.25, -0.2) is 5.43 Å². The van der Waals surface area contributed by atoms with Crippen molar-refractivity contribution in [2.45, 2.75) is 39.3 Å². The molecule has 0 atom stereocenters. The molecule has 0 spiro atoms. The second kappa shape index (κ2) is 13.7. The lowest BCUT2D eigenvalue weighted by atomic mass is 9.90. The van der Waals surface area contributed by atoms with Crippen LogP contribution in [0.4, 0.5) is 0 Å². The van der Waals surface area contributed by atoms with E-state index < -0.39 is 0 Å². The summed E-state index contributed by atoms with van der Waals surface area (Å²) in [6, 6.07) is 34.6. The Morgan fingerprint density at radius 3 is 2.23 bits per heavy atom. The van der Waals surface area contributed by atoms with Crippen molar-refractivity contribution in [2.75, 3.05) is 13.1 Å². The molecule has 1 aliphatic heterocycles. The number of nitrogens with zero attached hydrogens (tertiary/aromatic N) is 2. The highest BCUT2D eigenvalue weighted by molar-refractivity contribution is 5.94. The lowest BCUT2D eigenvalue weighted by Crippen LogP contribution is -2.33. The van der Waals surface area contributed by atoms with Gasteiger partial charge in [-0.05, 0) is 104 Å². The molecule has 0 radical (unpaired) electrons. The maximum absolute atomic E-state index is 12.6. The van der Waals surface area contributed by atoms with Crippen molar-refractivity contribution in [3.63, 3.8) is 0 Å². The van der Waals surface area contributed by atoms with Gasteiger partial charge in [-0.2, -0.15) is 5.10 Å². The Labute approximate surface area is 237 Å². The summed E-state index contributed by atoms with van der Waals surface area (Å²) in [5.41, 5.74) is 9.14. The molecule has 0 unspecified atom stereocenters. The largest absolute Gasteiger partial charge is 0.489 e. The van der Waals surface area contributed by atoms with Crippen molar-refractivity contribution in [1.29, 1.82) is 0 Å². The molecule has 1 aliphatic rings. The van der Waals surface area contributed by atoms with Gasteiger partial charge in [0.2, 0.25) is 0 Å². The highest BCUT2D eigenvalue weighted by Crippen LogP contribution is 2.23. The minimum absolute atomic E-state index is 0.220. The zero-order valence-corrected chi connectivity index (χ0v) is 23.1. The maximum Gasteiger partial charge on any atom is 0.271 e. The van der Waals surface area contributed by atoms with Gasteiger partial charge in [0.15, 0.2) is 0 Å². The average molecular weight is 532 g/mol. The SMILES string of the molecule is Cc1ccc(COc2ccc(/C=N\NC(=O)c3ccc(CN4CCC(Cc5ccccc5)CC4)cc3)cc2)cc1. The number of hydrogen-bond donors (Lipinski definition) is 1. The Morgan fingerprint density at radius 2 is 1.52 bits per heavy atom. The summed E-state index contributed by atoms with van der Waals surface area (Å²) in [6.07, 6.45) is 5.28. The molecule has 0 bridgehead atoms. The van der Waals surface area contributed by atoms with E-state index in [9.17, 15) is 4.79 Å². The predicted octanol–water partition coefficient (Wildman–Crippen LogP) is 6.79. The van der Waals surface area contributed by atoms with Gasteiger partial charge >= 0.3 is 0 Å². The van der Waals surface area contributed by atoms with E-state index in [-0.39, 0.29) is 5.91 Å². The van der Waals surface area contributed by atoms with E-state index in [1.54, 1.807) is 6.21 Å². The Bertz CT molecular complexity index is 1370. The highest BCUT2D eigenvalue weighted by Gasteiger charge is 2.19. The number of carbonyl (C=O) groups excluding carboxylic acids is 1. The van der Waals surface area contributed by atoms with Crippen molar-refractivity contribution in [1.82, 2.24) is 10.3 Å². The lowest BCUT2D eigenvalue weighted by Gasteiger charge is -2.32. The van der Waals surface area contributed by atoms with Crippen LogP contribution in [0, 0.1) is 12.8 Å². The summed E-state index contributed by atoms with van der Waals surface area (Å²) in [5, 5.41) is 4.13. The van der Waals surface area contributed by atoms with E-state index in [1.807, 2.05) is 48.5 Å². The number of aryl methyl sites for hydroxylation is 1. The average Bonchev–Trinajstić information content (AvgIpc) is 2.99. The maximum atomic E-state index is 12.6. The molecule has 5 rings (SSSR count). The topological polar surface area (TPSA) is 53.9 Å². The Hall–Kier alpha value is -4.22. The van der Waals surface area contributed by atoms with Gasteiger partial charge in [-0.3, -0.25) is 9.69 Å². The Kier molecular flexibility index (Phi) is 9.38. The molecule has 1 N–H and O–H groups in total. The van der Waals surface area contributed by atoms with Gasteiger partial charge in [-0.1, -0.05) is 72.3 Å². The number of amides is 1. The highest BCUT2D eigenvalue weighted by atomic mass is 16.5. The third kappa shape index (κ3) is 8.14. The molecule has 0 aliphatic carbocycles. The lowest BCUT2D eigenvalue weighted by molar-refractivity contribution is 0.0955. The molecule has 0 saturated carbocycles. The second-order valence-electron chi connectivity index (χ2n) is 10.6. The van der Waals surface area contributed by atoms with E-state index in [2.05, 4.69) is 76.9 Å². The molecule has 1 saturated heterocycles. The van der Waals surface area contributed by atoms with Gasteiger partial charge in [0.05, 0.1) is 6.21 Å². The van der Waals surface area contributed by atoms with Gasteiger partial charge in [0, 0.05) is 12.1 Å². The molecule has 40 heavy (non-hydrogen) atoms. The van der Waals surface area contributed by atoms with Gasteiger partial charge in [0.25, 0.3) is 5.91 Å². The number of hydrazone groups is 1. The third-order valence-electron chi connectivity index (χ3n) is 7.48. The first-order valence-electron chi connectivity index (χ1n) is 14.1. The van der Waals surface area contributed by atoms with Crippen LogP contribution in [0.2, 0.25) is 0 Å². The molecule has 1 fully saturated rings. The van der Waals surface area contributed by atoms with E-state index in [1.165, 1.54) is 36.0 Å². The van der Waals surface area contributed by atoms with Crippen molar-refractivity contribution in [3.05, 3.63) is 137 Å². The van der Waals surface area contributed by atoms with Crippen LogP contribution >= 0.6 is 0 Å². The van der Waals surface area contributed by atoms with Crippen LogP contribution in [0.1, 0.15) is 51.0 Å². The summed E-state index contributed by atoms with van der Waals surface area (Å²) in [5.74, 6) is 1.33. The molecule has 4 aromatic rings. The molecule has 204 valence electrons. The van der Waals surface area contributed by atoms with Crippen LogP contribution < -0.4 is 10.2 Å². The van der Waals surface area contributed by atoms with Crippen molar-refractivity contribution in [3.8, 4) is 5.75 Å². The van der Waals surface area contributed by atoms with Crippen LogP contribution in [0.15, 0.2) is 108 Å². The smallest absolute Gasteiger partial charge is 0.271 e. The van der Waals surface area contributed by atoms with Crippen LogP contribution in [0.3, 0.4) is 0 Å². The minimum Gasteiger partial charge on any atom is -0.489 e. The van der Waals surface area contributed by atoms with Gasteiger partial charge in [0.1, 0.15) is 12.4 Å². The number of carbonyl (C=O) groups is 1. The summed E-state index contributed by atoms with van der Waals surface area (Å²) < 4.78 is 5.85. The number of rotatable bonds is 10. The monoisotopic (exact) mass is 531 g/mol. The number of benzene rings is 4. The Morgan fingerprint density at radius 1 is 0.850 bits per heavy atom. The predicted molar refractivity (Wildman–Crippen MR) is 162 cm³/mol. The quantitative estimate of drug-likeness (QED) is 0.181. The van der Waals surface area contributed by atoms with Crippen molar-refractivity contribution >= 4 is 12.1 Å². The van der Waals surface area contributed by atoms with E-state index in [4.69, 9.17) is 4.74 Å². The summed E-state index contributed by atoms with van der Waals surface area (Å²) >= 11 is 0. The normalized spacial score (nSPS) is 14.3. The van der Waals surface area contributed by atoms with Crippen LogP contribution in [0.5, 0.6) is 5.75 Å². The standard InChI is InChI=1S/C35H37N3O2/c1-27-7-9-32(10-8-27)26-40-34-17-13-30(14-18-34)24-36-37-35(39)33-15-11-31(12-16-33)25-38-21-19-29(20-22-38)23-28-5-3-2-4-6-28/h2-18,24,29H,19-23,25-26H2,1H3,(H,37,39)/b36-24-. The van der Waals surface area contributed by atoms with E-state index >= 15 is 0 Å². The Balaban J connectivity index is 1.03. The zero-order chi connectivity index (χ0) is 27.6. The number of piperidine rings is 1. The van der Waals surface area contributed by atoms with Gasteiger partial charge < -0.3 is 4.74 Å². The van der Waals surface area contributed by atoms with Gasteiger partial charge in [-0.15, -0.1) is 0 Å². The second-order valence-corrected chi connectivity index (χ2v) is 10.6. The fourth-order valence-corrected chi connectivity index (χ4v) is 5.05. The summed E-state index contributed by atoms with van der Waals surface area (Å²) in [7, 11) is 0. The van der Waals surface area contributed by atoms with E-state index in [0.717, 1.165) is 42.4 Å². The first kappa shape index (κ1) is 27.4. The van der Waals surface area contributed by atoms with E-state index in [0.29, 0.717) is 12.2 Å². The van der Waals surface area contributed by atoms with Crippen LogP contribution in [-0.2, 0) is 19.6 Å². The molecule has 0 aromatic heterocycles. The summed E-state index contributed by atoms with van der Waals surface area (Å²) in [6.45, 7) is 5.75. The summed E-state index contributed by atoms with van der Waals surface area (Å²) in [4.78, 5) is 15.1. The fraction of sp³-hybridized carbons (Fsp3) is 0.257. The molecular formula is C35H37N3O2. The van der Waals surface area contributed by atoms with Crippen molar-refractivity contribution < 1.29 is 9.53 Å². The molecular weight excluding hydrogens is 494 g/mol. The molecule has 5 nitrogen and oxygen atoms in total. The fourth-order valence-electron chi connectivity index (χ4n) is 5.05. The molecule has 1 heterocycles. The van der Waals surface area contributed by atoms with Crippen LogP contribution in [0.25, 0.3) is 0 Å². The minimum atomic E-state index is -0.220. The number of ether oxygens (including phenoxy) is 1. The molecule has 5 heteroatoms. The van der Waals surface area contributed by atoms with Crippen molar-refractivity contribution in [2.24, 2.45) is 11.0 Å². The third-order valence-corrected chi connectivity index (χ3v) is 7.48. The number of nitrogens with one attached hydrogen (secondary N) is 1.